The van der Waals surface area contributed by atoms with Crippen molar-refractivity contribution in [2.75, 3.05) is 22.4 Å². The van der Waals surface area contributed by atoms with E-state index < -0.39 is 15.9 Å². The van der Waals surface area contributed by atoms with Crippen molar-refractivity contribution >= 4 is 43.2 Å². The molecule has 0 aliphatic rings. The summed E-state index contributed by atoms with van der Waals surface area (Å²) in [5, 5.41) is 2.69. The Morgan fingerprint density at radius 1 is 1.12 bits per heavy atom. The summed E-state index contributed by atoms with van der Waals surface area (Å²) in [6.07, 6.45) is 1.09. The van der Waals surface area contributed by atoms with Gasteiger partial charge in [-0.1, -0.05) is 15.9 Å². The van der Waals surface area contributed by atoms with Gasteiger partial charge in [-0.2, -0.15) is 0 Å². The van der Waals surface area contributed by atoms with Crippen LogP contribution in [0.25, 0.3) is 0 Å². The molecule has 0 aliphatic heterocycles. The molecule has 0 aliphatic carbocycles. The zero-order valence-corrected chi connectivity index (χ0v) is 17.2. The monoisotopic (exact) mass is 440 g/mol. The predicted octanol–water partition coefficient (Wildman–Crippen LogP) is 3.64. The maximum absolute atomic E-state index is 12.3. The van der Waals surface area contributed by atoms with Gasteiger partial charge in [0.15, 0.2) is 0 Å². The van der Waals surface area contributed by atoms with Crippen LogP contribution in [0.15, 0.2) is 53.0 Å². The number of hydrogen-bond acceptors (Lipinski definition) is 4. The molecule has 0 heterocycles. The molecule has 8 heteroatoms. The number of sulfonamides is 1. The Kier molecular flexibility index (Phi) is 6.66. The standard InChI is InChI=1S/C18H21BrN2O4S/c1-13(2)25-17-10-8-16(9-11-17)21(26(3,23)24)12-18(22)20-15-6-4-14(19)5-7-15/h4-11,13H,12H2,1-3H3,(H,20,22). The molecule has 26 heavy (non-hydrogen) atoms. The summed E-state index contributed by atoms with van der Waals surface area (Å²) in [6.45, 7) is 3.49. The average molecular weight is 441 g/mol. The molecule has 140 valence electrons. The smallest absolute Gasteiger partial charge is 0.245 e. The summed E-state index contributed by atoms with van der Waals surface area (Å²) >= 11 is 3.32. The minimum absolute atomic E-state index is 0.0172. The van der Waals surface area contributed by atoms with Crippen molar-refractivity contribution in [2.24, 2.45) is 0 Å². The first-order valence-electron chi connectivity index (χ1n) is 7.95. The third-order valence-electron chi connectivity index (χ3n) is 3.31. The lowest BCUT2D eigenvalue weighted by Crippen LogP contribution is -2.37. The van der Waals surface area contributed by atoms with Crippen LogP contribution in [0.1, 0.15) is 13.8 Å². The quantitative estimate of drug-likeness (QED) is 0.712. The highest BCUT2D eigenvalue weighted by atomic mass is 79.9. The molecule has 0 saturated heterocycles. The topological polar surface area (TPSA) is 75.7 Å². The van der Waals surface area contributed by atoms with Gasteiger partial charge in [0, 0.05) is 10.2 Å². The molecular weight excluding hydrogens is 420 g/mol. The Morgan fingerprint density at radius 2 is 1.69 bits per heavy atom. The van der Waals surface area contributed by atoms with Crippen LogP contribution in [0.4, 0.5) is 11.4 Å². The number of carbonyl (C=O) groups excluding carboxylic acids is 1. The number of nitrogens with one attached hydrogen (secondary N) is 1. The van der Waals surface area contributed by atoms with Crippen molar-refractivity contribution in [3.05, 3.63) is 53.0 Å². The van der Waals surface area contributed by atoms with Crippen LogP contribution in [0, 0.1) is 0 Å². The zero-order chi connectivity index (χ0) is 19.3. The van der Waals surface area contributed by atoms with Crippen LogP contribution in [-0.2, 0) is 14.8 Å². The third kappa shape index (κ3) is 6.03. The maximum Gasteiger partial charge on any atom is 0.245 e. The number of halogens is 1. The molecule has 0 saturated carbocycles. The molecule has 0 aromatic heterocycles. The van der Waals surface area contributed by atoms with E-state index >= 15 is 0 Å². The first-order chi connectivity index (χ1) is 12.1. The van der Waals surface area contributed by atoms with Crippen molar-refractivity contribution < 1.29 is 17.9 Å². The first-order valence-corrected chi connectivity index (χ1v) is 10.6. The SMILES string of the molecule is CC(C)Oc1ccc(N(CC(=O)Nc2ccc(Br)cc2)S(C)(=O)=O)cc1. The molecule has 0 radical (unpaired) electrons. The molecule has 0 unspecified atom stereocenters. The van der Waals surface area contributed by atoms with E-state index in [0.717, 1.165) is 15.0 Å². The van der Waals surface area contributed by atoms with Crippen LogP contribution in [-0.4, -0.2) is 33.2 Å². The summed E-state index contributed by atoms with van der Waals surface area (Å²) in [7, 11) is -3.62. The van der Waals surface area contributed by atoms with Gasteiger partial charge in [-0.05, 0) is 62.4 Å². The maximum atomic E-state index is 12.3. The van der Waals surface area contributed by atoms with Gasteiger partial charge >= 0.3 is 0 Å². The van der Waals surface area contributed by atoms with Gasteiger partial charge in [0.1, 0.15) is 12.3 Å². The van der Waals surface area contributed by atoms with Gasteiger partial charge in [0.2, 0.25) is 15.9 Å². The Labute approximate surface area is 162 Å². The van der Waals surface area contributed by atoms with Gasteiger partial charge in [-0.3, -0.25) is 9.10 Å². The highest BCUT2D eigenvalue weighted by Gasteiger charge is 2.21. The van der Waals surface area contributed by atoms with E-state index in [1.807, 2.05) is 13.8 Å². The van der Waals surface area contributed by atoms with E-state index in [9.17, 15) is 13.2 Å². The number of benzene rings is 2. The Balaban J connectivity index is 2.14. The lowest BCUT2D eigenvalue weighted by molar-refractivity contribution is -0.114. The van der Waals surface area contributed by atoms with Gasteiger partial charge in [-0.25, -0.2) is 8.42 Å². The minimum Gasteiger partial charge on any atom is -0.491 e. The highest BCUT2D eigenvalue weighted by Crippen LogP contribution is 2.22. The molecule has 0 bridgehead atoms. The zero-order valence-electron chi connectivity index (χ0n) is 14.8. The van der Waals surface area contributed by atoms with E-state index in [1.54, 1.807) is 48.5 Å². The average Bonchev–Trinajstić information content (AvgIpc) is 2.54. The molecule has 1 N–H and O–H groups in total. The van der Waals surface area contributed by atoms with E-state index in [4.69, 9.17) is 4.74 Å². The lowest BCUT2D eigenvalue weighted by Gasteiger charge is -2.22. The molecule has 6 nitrogen and oxygen atoms in total. The number of hydrogen-bond donors (Lipinski definition) is 1. The predicted molar refractivity (Wildman–Crippen MR) is 107 cm³/mol. The van der Waals surface area contributed by atoms with E-state index in [0.29, 0.717) is 17.1 Å². The summed E-state index contributed by atoms with van der Waals surface area (Å²) in [6, 6.07) is 13.6. The largest absolute Gasteiger partial charge is 0.491 e. The summed E-state index contributed by atoms with van der Waals surface area (Å²) in [5.41, 5.74) is 0.988. The Hall–Kier alpha value is -2.06. The van der Waals surface area contributed by atoms with Gasteiger partial charge in [-0.15, -0.1) is 0 Å². The van der Waals surface area contributed by atoms with Crippen LogP contribution < -0.4 is 14.4 Å². The Bertz CT molecular complexity index is 850. The summed E-state index contributed by atoms with van der Waals surface area (Å²) < 4.78 is 31.8. The fourth-order valence-corrected chi connectivity index (χ4v) is 3.35. The second kappa shape index (κ2) is 8.55. The van der Waals surface area contributed by atoms with Crippen molar-refractivity contribution in [2.45, 2.75) is 20.0 Å². The lowest BCUT2D eigenvalue weighted by atomic mass is 10.3. The summed E-state index contributed by atoms with van der Waals surface area (Å²) in [4.78, 5) is 12.3. The van der Waals surface area contributed by atoms with Crippen LogP contribution >= 0.6 is 15.9 Å². The minimum atomic E-state index is -3.62. The fraction of sp³-hybridized carbons (Fsp3) is 0.278. The van der Waals surface area contributed by atoms with Crippen LogP contribution in [0.2, 0.25) is 0 Å². The fourth-order valence-electron chi connectivity index (χ4n) is 2.23. The molecule has 2 aromatic rings. The number of anilines is 2. The number of amides is 1. The van der Waals surface area contributed by atoms with E-state index in [-0.39, 0.29) is 12.6 Å². The third-order valence-corrected chi connectivity index (χ3v) is 4.98. The van der Waals surface area contributed by atoms with Gasteiger partial charge in [0.05, 0.1) is 18.0 Å². The van der Waals surface area contributed by atoms with Crippen LogP contribution in [0.5, 0.6) is 5.75 Å². The number of carbonyl (C=O) groups is 1. The van der Waals surface area contributed by atoms with Crippen molar-refractivity contribution in [3.8, 4) is 5.75 Å². The second-order valence-electron chi connectivity index (χ2n) is 5.99. The molecule has 2 aromatic carbocycles. The van der Waals surface area contributed by atoms with Crippen molar-refractivity contribution in [1.29, 1.82) is 0 Å². The normalized spacial score (nSPS) is 11.3. The molecular formula is C18H21BrN2O4S. The van der Waals surface area contributed by atoms with Crippen molar-refractivity contribution in [1.82, 2.24) is 0 Å². The van der Waals surface area contributed by atoms with E-state index in [1.165, 1.54) is 0 Å². The number of nitrogens with zero attached hydrogens (tertiary/aromatic N) is 1. The van der Waals surface area contributed by atoms with Gasteiger partial charge < -0.3 is 10.1 Å². The highest BCUT2D eigenvalue weighted by molar-refractivity contribution is 9.10. The van der Waals surface area contributed by atoms with Gasteiger partial charge in [0.25, 0.3) is 0 Å². The second-order valence-corrected chi connectivity index (χ2v) is 8.81. The molecule has 0 spiro atoms. The molecule has 2 rings (SSSR count). The van der Waals surface area contributed by atoms with E-state index in [2.05, 4.69) is 21.2 Å². The number of rotatable bonds is 7. The first kappa shape index (κ1) is 20.3. The number of ether oxygens (including phenoxy) is 1. The van der Waals surface area contributed by atoms with Crippen LogP contribution in [0.3, 0.4) is 0 Å². The Morgan fingerprint density at radius 3 is 2.19 bits per heavy atom. The molecule has 0 atom stereocenters. The summed E-state index contributed by atoms with van der Waals surface area (Å²) in [5.74, 6) is 0.205. The van der Waals surface area contributed by atoms with Crippen molar-refractivity contribution in [3.63, 3.8) is 0 Å². The molecule has 0 fully saturated rings. The molecule has 1 amide bonds.